The quantitative estimate of drug-likeness (QED) is 0.843. The fourth-order valence-electron chi connectivity index (χ4n) is 2.31. The van der Waals surface area contributed by atoms with Crippen LogP contribution >= 0.6 is 0 Å². The number of hydrogen-bond donors (Lipinski definition) is 1. The minimum Gasteiger partial charge on any atom is -0.343 e. The van der Waals surface area contributed by atoms with Gasteiger partial charge in [-0.25, -0.2) is 0 Å². The zero-order chi connectivity index (χ0) is 14.9. The lowest BCUT2D eigenvalue weighted by molar-refractivity contribution is -0.154. The van der Waals surface area contributed by atoms with Crippen molar-refractivity contribution >= 4 is 11.8 Å². The van der Waals surface area contributed by atoms with Crippen LogP contribution in [0.1, 0.15) is 20.8 Å². The lowest BCUT2D eigenvalue weighted by atomic mass is 9.96. The van der Waals surface area contributed by atoms with E-state index in [1.54, 1.807) is 39.1 Å². The highest BCUT2D eigenvalue weighted by Gasteiger charge is 2.44. The van der Waals surface area contributed by atoms with Crippen molar-refractivity contribution in [2.24, 2.45) is 0 Å². The number of piperazine rings is 1. The molecule has 1 fully saturated rings. The summed E-state index contributed by atoms with van der Waals surface area (Å²) in [5, 5.41) is 2.66. The van der Waals surface area contributed by atoms with Crippen LogP contribution in [0.15, 0.2) is 29.2 Å². The molecule has 108 valence electrons. The van der Waals surface area contributed by atoms with Crippen molar-refractivity contribution in [3.63, 3.8) is 0 Å². The highest BCUT2D eigenvalue weighted by atomic mass is 16.2. The van der Waals surface area contributed by atoms with E-state index >= 15 is 0 Å². The highest BCUT2D eigenvalue weighted by Crippen LogP contribution is 2.20. The molecular weight excluding hydrogens is 258 g/mol. The van der Waals surface area contributed by atoms with Gasteiger partial charge in [0.15, 0.2) is 0 Å². The Morgan fingerprint density at radius 2 is 1.90 bits per heavy atom. The van der Waals surface area contributed by atoms with Crippen LogP contribution in [0.4, 0.5) is 0 Å². The van der Waals surface area contributed by atoms with Crippen LogP contribution in [0.3, 0.4) is 0 Å². The molecule has 0 spiro atoms. The maximum Gasteiger partial charge on any atom is 0.250 e. The predicted molar refractivity (Wildman–Crippen MR) is 74.1 cm³/mol. The Morgan fingerprint density at radius 1 is 1.20 bits per heavy atom. The highest BCUT2D eigenvalue weighted by molar-refractivity contribution is 5.99. The first kappa shape index (κ1) is 14.3. The number of amides is 2. The topological polar surface area (TPSA) is 71.4 Å². The summed E-state index contributed by atoms with van der Waals surface area (Å²) in [5.74, 6) is -0.302. The minimum atomic E-state index is -0.901. The van der Waals surface area contributed by atoms with E-state index in [2.05, 4.69) is 5.32 Å². The predicted octanol–water partition coefficient (Wildman–Crippen LogP) is -0.0262. The van der Waals surface area contributed by atoms with Crippen molar-refractivity contribution in [3.05, 3.63) is 34.7 Å². The van der Waals surface area contributed by atoms with Crippen LogP contribution < -0.4 is 10.9 Å². The second-order valence-corrected chi connectivity index (χ2v) is 5.48. The van der Waals surface area contributed by atoms with Crippen molar-refractivity contribution < 1.29 is 9.59 Å². The van der Waals surface area contributed by atoms with E-state index in [1.165, 1.54) is 15.5 Å². The molecular formula is C14H19N3O3. The van der Waals surface area contributed by atoms with Crippen LogP contribution in [-0.4, -0.2) is 39.4 Å². The van der Waals surface area contributed by atoms with E-state index in [0.29, 0.717) is 13.1 Å². The molecule has 2 amide bonds. The molecule has 6 nitrogen and oxygen atoms in total. The van der Waals surface area contributed by atoms with Gasteiger partial charge in [-0.3, -0.25) is 14.4 Å². The van der Waals surface area contributed by atoms with Gasteiger partial charge in [-0.2, -0.15) is 0 Å². The molecule has 1 aliphatic rings. The fraction of sp³-hybridized carbons (Fsp3) is 0.500. The number of carbonyl (C=O) groups is 2. The van der Waals surface area contributed by atoms with E-state index in [-0.39, 0.29) is 17.4 Å². The van der Waals surface area contributed by atoms with E-state index in [0.717, 1.165) is 0 Å². The maximum atomic E-state index is 12.2. The molecule has 1 aromatic heterocycles. The first-order valence-corrected chi connectivity index (χ1v) is 6.62. The molecule has 1 aliphatic heterocycles. The number of rotatable bonds is 3. The SMILES string of the molecule is CC1NC(=O)C(C)(C)N(CCn2ccccc2=O)C1=O. The van der Waals surface area contributed by atoms with Gasteiger partial charge in [0.25, 0.3) is 5.56 Å². The molecule has 6 heteroatoms. The number of nitrogens with zero attached hydrogens (tertiary/aromatic N) is 2. The van der Waals surface area contributed by atoms with Gasteiger partial charge in [0.2, 0.25) is 11.8 Å². The zero-order valence-electron chi connectivity index (χ0n) is 11.9. The van der Waals surface area contributed by atoms with Gasteiger partial charge in [-0.15, -0.1) is 0 Å². The van der Waals surface area contributed by atoms with E-state index in [1.807, 2.05) is 0 Å². The first-order chi connectivity index (χ1) is 9.34. The van der Waals surface area contributed by atoms with Crippen LogP contribution in [0, 0.1) is 0 Å². The third-order valence-corrected chi connectivity index (χ3v) is 3.68. The van der Waals surface area contributed by atoms with Crippen molar-refractivity contribution in [3.8, 4) is 0 Å². The number of hydrogen-bond acceptors (Lipinski definition) is 3. The van der Waals surface area contributed by atoms with Crippen molar-refractivity contribution in [2.45, 2.75) is 38.9 Å². The number of nitrogens with one attached hydrogen (secondary N) is 1. The Kier molecular flexibility index (Phi) is 3.65. The summed E-state index contributed by atoms with van der Waals surface area (Å²) < 4.78 is 1.53. The molecule has 1 saturated heterocycles. The average molecular weight is 277 g/mol. The van der Waals surface area contributed by atoms with Crippen LogP contribution in [0.5, 0.6) is 0 Å². The van der Waals surface area contributed by atoms with Crippen LogP contribution in [0.2, 0.25) is 0 Å². The molecule has 0 aliphatic carbocycles. The smallest absolute Gasteiger partial charge is 0.250 e. The van der Waals surface area contributed by atoms with E-state index < -0.39 is 11.6 Å². The summed E-state index contributed by atoms with van der Waals surface area (Å²) in [6.45, 7) is 5.78. The fourth-order valence-corrected chi connectivity index (χ4v) is 2.31. The summed E-state index contributed by atoms with van der Waals surface area (Å²) in [7, 11) is 0. The Balaban J connectivity index is 2.18. The third kappa shape index (κ3) is 2.45. The van der Waals surface area contributed by atoms with Crippen molar-refractivity contribution in [1.82, 2.24) is 14.8 Å². The molecule has 0 aromatic carbocycles. The second kappa shape index (κ2) is 5.11. The molecule has 1 unspecified atom stereocenters. The Morgan fingerprint density at radius 3 is 2.55 bits per heavy atom. The lowest BCUT2D eigenvalue weighted by Crippen LogP contribution is -2.68. The third-order valence-electron chi connectivity index (χ3n) is 3.68. The van der Waals surface area contributed by atoms with Gasteiger partial charge < -0.3 is 14.8 Å². The zero-order valence-corrected chi connectivity index (χ0v) is 11.9. The Hall–Kier alpha value is -2.11. The van der Waals surface area contributed by atoms with Crippen LogP contribution in [0.25, 0.3) is 0 Å². The summed E-state index contributed by atoms with van der Waals surface area (Å²) in [6, 6.07) is 4.38. The second-order valence-electron chi connectivity index (χ2n) is 5.48. The van der Waals surface area contributed by atoms with Crippen molar-refractivity contribution in [1.29, 1.82) is 0 Å². The van der Waals surface area contributed by atoms with Gasteiger partial charge in [0, 0.05) is 25.4 Å². The van der Waals surface area contributed by atoms with Gasteiger partial charge in [0.1, 0.15) is 11.6 Å². The Bertz CT molecular complexity index is 591. The first-order valence-electron chi connectivity index (χ1n) is 6.62. The molecule has 0 saturated carbocycles. The molecule has 20 heavy (non-hydrogen) atoms. The van der Waals surface area contributed by atoms with E-state index in [9.17, 15) is 14.4 Å². The molecule has 1 aromatic rings. The maximum absolute atomic E-state index is 12.2. The summed E-state index contributed by atoms with van der Waals surface area (Å²) >= 11 is 0. The minimum absolute atomic E-state index is 0.118. The summed E-state index contributed by atoms with van der Waals surface area (Å²) in [6.07, 6.45) is 1.67. The number of aromatic nitrogens is 1. The molecule has 1 atom stereocenters. The van der Waals surface area contributed by atoms with E-state index in [4.69, 9.17) is 0 Å². The lowest BCUT2D eigenvalue weighted by Gasteiger charge is -2.43. The largest absolute Gasteiger partial charge is 0.343 e. The standard InChI is InChI=1S/C14H19N3O3/c1-10-12(19)17(14(2,3)13(20)15-10)9-8-16-7-5-4-6-11(16)18/h4-7,10H,8-9H2,1-3H3,(H,15,20). The number of carbonyl (C=O) groups excluding carboxylic acids is 2. The normalized spacial score (nSPS) is 21.8. The molecule has 2 heterocycles. The molecule has 0 bridgehead atoms. The molecule has 2 rings (SSSR count). The molecule has 0 radical (unpaired) electrons. The van der Waals surface area contributed by atoms with Crippen molar-refractivity contribution in [2.75, 3.05) is 6.54 Å². The van der Waals surface area contributed by atoms with Gasteiger partial charge in [-0.05, 0) is 26.8 Å². The summed E-state index contributed by atoms with van der Waals surface area (Å²) in [4.78, 5) is 37.4. The van der Waals surface area contributed by atoms with Gasteiger partial charge in [0.05, 0.1) is 0 Å². The summed E-state index contributed by atoms with van der Waals surface area (Å²) in [5.41, 5.74) is -1.02. The monoisotopic (exact) mass is 277 g/mol. The number of pyridine rings is 1. The molecule has 1 N–H and O–H groups in total. The van der Waals surface area contributed by atoms with Gasteiger partial charge in [-0.1, -0.05) is 6.07 Å². The average Bonchev–Trinajstić information content (AvgIpc) is 2.38. The van der Waals surface area contributed by atoms with Gasteiger partial charge >= 0.3 is 0 Å². The van der Waals surface area contributed by atoms with Crippen LogP contribution in [-0.2, 0) is 16.1 Å². The Labute approximate surface area is 117 Å².